The lowest BCUT2D eigenvalue weighted by Crippen LogP contribution is -2.46. The first kappa shape index (κ1) is 20.1. The zero-order chi connectivity index (χ0) is 21.9. The zero-order valence-electron chi connectivity index (χ0n) is 17.6. The van der Waals surface area contributed by atoms with Crippen LogP contribution in [-0.2, 0) is 0 Å². The Hall–Kier alpha value is -3.87. The maximum absolute atomic E-state index is 12.8. The molecule has 5 rings (SSSR count). The first-order valence-electron chi connectivity index (χ1n) is 10.8. The van der Waals surface area contributed by atoms with Gasteiger partial charge in [-0.15, -0.1) is 0 Å². The second-order valence-electron chi connectivity index (χ2n) is 8.00. The maximum atomic E-state index is 12.8. The minimum atomic E-state index is -0.340. The lowest BCUT2D eigenvalue weighted by atomic mass is 10.0. The number of para-hydroxylation sites is 2. The van der Waals surface area contributed by atoms with E-state index in [1.807, 2.05) is 54.8 Å². The first-order chi connectivity index (χ1) is 15.7. The molecule has 32 heavy (non-hydrogen) atoms. The van der Waals surface area contributed by atoms with Crippen LogP contribution in [0.4, 0.5) is 4.79 Å². The van der Waals surface area contributed by atoms with E-state index in [9.17, 15) is 9.59 Å². The molecule has 7 heteroatoms. The molecule has 0 saturated carbocycles. The average Bonchev–Trinajstić information content (AvgIpc) is 2.99. The second kappa shape index (κ2) is 8.70. The Morgan fingerprint density at radius 2 is 1.81 bits per heavy atom. The Balaban J connectivity index is 0.00000259. The molecule has 2 aliphatic heterocycles. The van der Waals surface area contributed by atoms with Crippen LogP contribution >= 0.6 is 0 Å². The molecule has 1 N–H and O–H groups in total. The van der Waals surface area contributed by atoms with E-state index in [1.165, 1.54) is 0 Å². The number of oxazole rings is 1. The summed E-state index contributed by atoms with van der Waals surface area (Å²) in [5, 5.41) is 2.91. The first-order valence-corrected chi connectivity index (χ1v) is 10.8. The van der Waals surface area contributed by atoms with Crippen LogP contribution in [0.2, 0.25) is 0 Å². The standard InChI is InChI=1S/C25H24N4O3.H2/c30-24(27-23-12-6-9-19(17-26-23)18-7-2-1-3-8-18)28-15-13-20(14-16-28)29-21-10-4-5-11-22(21)32-25(29)31;/h1-8,10-12,17,20H,9,13-16H2,(H,26,27,30);1H. The van der Waals surface area contributed by atoms with Gasteiger partial charge < -0.3 is 9.32 Å². The molecule has 3 aromatic rings. The highest BCUT2D eigenvalue weighted by molar-refractivity contribution is 6.04. The van der Waals surface area contributed by atoms with Gasteiger partial charge in [-0.05, 0) is 48.6 Å². The van der Waals surface area contributed by atoms with Crippen molar-refractivity contribution in [2.75, 3.05) is 13.1 Å². The number of hydrogen-bond donors (Lipinski definition) is 1. The van der Waals surface area contributed by atoms with Gasteiger partial charge >= 0.3 is 11.8 Å². The van der Waals surface area contributed by atoms with Gasteiger partial charge in [0.1, 0.15) is 5.84 Å². The molecular weight excluding hydrogens is 404 g/mol. The van der Waals surface area contributed by atoms with Crippen LogP contribution in [0.25, 0.3) is 16.7 Å². The Morgan fingerprint density at radius 3 is 2.62 bits per heavy atom. The number of hydrogen-bond acceptors (Lipinski definition) is 4. The van der Waals surface area contributed by atoms with E-state index < -0.39 is 0 Å². The van der Waals surface area contributed by atoms with Crippen LogP contribution in [0.5, 0.6) is 0 Å². The number of fused-ring (bicyclic) bond motifs is 1. The molecule has 2 amide bonds. The number of allylic oxidation sites excluding steroid dienone is 2. The van der Waals surface area contributed by atoms with Gasteiger partial charge in [0.05, 0.1) is 5.52 Å². The lowest BCUT2D eigenvalue weighted by Gasteiger charge is -2.32. The third kappa shape index (κ3) is 4.01. The minimum Gasteiger partial charge on any atom is -0.408 e. The summed E-state index contributed by atoms with van der Waals surface area (Å²) in [6.45, 7) is 1.12. The number of urea groups is 1. The summed E-state index contributed by atoms with van der Waals surface area (Å²) in [6, 6.07) is 17.4. The van der Waals surface area contributed by atoms with Gasteiger partial charge in [-0.1, -0.05) is 48.5 Å². The van der Waals surface area contributed by atoms with Crippen molar-refractivity contribution in [3.63, 3.8) is 0 Å². The van der Waals surface area contributed by atoms with Gasteiger partial charge in [-0.2, -0.15) is 0 Å². The number of amides is 2. The third-order valence-corrected chi connectivity index (χ3v) is 5.99. The Kier molecular flexibility index (Phi) is 5.46. The quantitative estimate of drug-likeness (QED) is 0.646. The largest absolute Gasteiger partial charge is 0.420 e. The number of carbonyl (C=O) groups excluding carboxylic acids is 1. The van der Waals surface area contributed by atoms with Gasteiger partial charge in [0.15, 0.2) is 5.58 Å². The molecule has 0 atom stereocenters. The lowest BCUT2D eigenvalue weighted by molar-refractivity contribution is 0.175. The van der Waals surface area contributed by atoms with Crippen molar-refractivity contribution in [3.8, 4) is 0 Å². The van der Waals surface area contributed by atoms with Gasteiger partial charge in [0.25, 0.3) is 0 Å². The highest BCUT2D eigenvalue weighted by Crippen LogP contribution is 2.26. The molecule has 3 heterocycles. The summed E-state index contributed by atoms with van der Waals surface area (Å²) < 4.78 is 7.09. The number of likely N-dealkylation sites (tertiary alicyclic amines) is 1. The summed E-state index contributed by atoms with van der Waals surface area (Å²) in [7, 11) is 0. The molecule has 164 valence electrons. The molecule has 0 bridgehead atoms. The van der Waals surface area contributed by atoms with Crippen LogP contribution in [0.1, 0.15) is 32.3 Å². The number of carbonyl (C=O) groups is 1. The highest BCUT2D eigenvalue weighted by atomic mass is 16.4. The predicted octanol–water partition coefficient (Wildman–Crippen LogP) is 4.59. The summed E-state index contributed by atoms with van der Waals surface area (Å²) in [4.78, 5) is 31.4. The topological polar surface area (TPSA) is 79.8 Å². The fraction of sp³-hybridized carbons (Fsp3) is 0.240. The van der Waals surface area contributed by atoms with Crippen molar-refractivity contribution < 1.29 is 10.6 Å². The summed E-state index contributed by atoms with van der Waals surface area (Å²) in [5.74, 6) is 0.188. The number of piperidine rings is 1. The number of nitrogens with one attached hydrogen (secondary N) is 1. The fourth-order valence-corrected chi connectivity index (χ4v) is 4.30. The van der Waals surface area contributed by atoms with Crippen LogP contribution in [0.15, 0.2) is 87.2 Å². The van der Waals surface area contributed by atoms with Crippen molar-refractivity contribution in [2.24, 2.45) is 4.99 Å². The minimum absolute atomic E-state index is 0. The second-order valence-corrected chi connectivity index (χ2v) is 8.00. The smallest absolute Gasteiger partial charge is 0.408 e. The van der Waals surface area contributed by atoms with E-state index in [-0.39, 0.29) is 19.3 Å². The van der Waals surface area contributed by atoms with E-state index in [2.05, 4.69) is 22.4 Å². The van der Waals surface area contributed by atoms with Crippen molar-refractivity contribution >= 4 is 28.5 Å². The summed E-state index contributed by atoms with van der Waals surface area (Å²) in [5.41, 5.74) is 3.63. The molecule has 0 aliphatic carbocycles. The highest BCUT2D eigenvalue weighted by Gasteiger charge is 2.27. The van der Waals surface area contributed by atoms with Crippen LogP contribution in [0, 0.1) is 0 Å². The van der Waals surface area contributed by atoms with Crippen molar-refractivity contribution in [1.82, 2.24) is 14.8 Å². The molecule has 1 saturated heterocycles. The van der Waals surface area contributed by atoms with Crippen LogP contribution < -0.4 is 11.1 Å². The van der Waals surface area contributed by atoms with E-state index >= 15 is 0 Å². The number of amidine groups is 1. The molecule has 0 radical (unpaired) electrons. The van der Waals surface area contributed by atoms with Gasteiger partial charge in [-0.25, -0.2) is 14.6 Å². The normalized spacial score (nSPS) is 17.1. The summed E-state index contributed by atoms with van der Waals surface area (Å²) >= 11 is 0. The number of aromatic nitrogens is 1. The maximum Gasteiger partial charge on any atom is 0.420 e. The monoisotopic (exact) mass is 430 g/mol. The molecule has 1 fully saturated rings. The summed E-state index contributed by atoms with van der Waals surface area (Å²) in [6.07, 6.45) is 7.80. The third-order valence-electron chi connectivity index (χ3n) is 5.99. The van der Waals surface area contributed by atoms with Crippen molar-refractivity contribution in [1.29, 1.82) is 0 Å². The molecule has 7 nitrogen and oxygen atoms in total. The number of rotatable bonds is 2. The van der Waals surface area contributed by atoms with Gasteiger partial charge in [-0.3, -0.25) is 9.88 Å². The van der Waals surface area contributed by atoms with E-state index in [1.54, 1.807) is 15.5 Å². The zero-order valence-corrected chi connectivity index (χ0v) is 17.6. The SMILES string of the molecule is O=C(NC1=NC=C(c2ccccc2)CC=C1)N1CCC(n2c(=O)oc3ccccc32)CC1.[HH]. The van der Waals surface area contributed by atoms with Crippen molar-refractivity contribution in [3.05, 3.63) is 89.1 Å². The van der Waals surface area contributed by atoms with E-state index in [0.29, 0.717) is 37.3 Å². The van der Waals surface area contributed by atoms with Crippen LogP contribution in [0.3, 0.4) is 0 Å². The average molecular weight is 431 g/mol. The van der Waals surface area contributed by atoms with Gasteiger partial charge in [0.2, 0.25) is 0 Å². The number of aliphatic imine (C=N–C) groups is 1. The number of nitrogens with zero attached hydrogens (tertiary/aromatic N) is 3. The molecule has 2 aliphatic rings. The van der Waals surface area contributed by atoms with Crippen molar-refractivity contribution in [2.45, 2.75) is 25.3 Å². The van der Waals surface area contributed by atoms with E-state index in [0.717, 1.165) is 23.1 Å². The van der Waals surface area contributed by atoms with Crippen LogP contribution in [-0.4, -0.2) is 34.4 Å². The Labute approximate surface area is 186 Å². The van der Waals surface area contributed by atoms with E-state index in [4.69, 9.17) is 4.42 Å². The predicted molar refractivity (Wildman–Crippen MR) is 127 cm³/mol. The number of benzene rings is 2. The Bertz CT molecular complexity index is 1280. The molecule has 0 spiro atoms. The molecule has 1 aromatic heterocycles. The fourth-order valence-electron chi connectivity index (χ4n) is 4.30. The van der Waals surface area contributed by atoms with Gasteiger partial charge in [0, 0.05) is 26.8 Å². The Morgan fingerprint density at radius 1 is 1.06 bits per heavy atom. The molecule has 2 aromatic carbocycles. The molecule has 0 unspecified atom stereocenters. The molecular formula is C25H26N4O3.